The quantitative estimate of drug-likeness (QED) is 0.394. The third-order valence-electron chi connectivity index (χ3n) is 5.02. The van der Waals surface area contributed by atoms with Crippen molar-refractivity contribution in [3.8, 4) is 11.5 Å². The third kappa shape index (κ3) is 5.69. The molecule has 0 bridgehead atoms. The van der Waals surface area contributed by atoms with Gasteiger partial charge in [0.25, 0.3) is 0 Å². The number of benzene rings is 2. The van der Waals surface area contributed by atoms with Gasteiger partial charge in [-0.25, -0.2) is 0 Å². The second kappa shape index (κ2) is 10.6. The normalized spacial score (nSPS) is 12.9. The van der Waals surface area contributed by atoms with Gasteiger partial charge in [-0.3, -0.25) is 9.59 Å². The summed E-state index contributed by atoms with van der Waals surface area (Å²) in [4.78, 5) is 22.9. The predicted molar refractivity (Wildman–Crippen MR) is 111 cm³/mol. The van der Waals surface area contributed by atoms with Crippen molar-refractivity contribution in [3.05, 3.63) is 59.7 Å². The van der Waals surface area contributed by atoms with Crippen molar-refractivity contribution in [1.29, 1.82) is 0 Å². The Morgan fingerprint density at radius 1 is 0.643 bits per heavy atom. The van der Waals surface area contributed by atoms with E-state index < -0.39 is 0 Å². The predicted octanol–water partition coefficient (Wildman–Crippen LogP) is 6.00. The summed E-state index contributed by atoms with van der Waals surface area (Å²) in [5.41, 5.74) is 2.46. The van der Waals surface area contributed by atoms with E-state index in [4.69, 9.17) is 9.47 Å². The van der Waals surface area contributed by atoms with Gasteiger partial charge in [-0.15, -0.1) is 0 Å². The lowest BCUT2D eigenvalue weighted by atomic mass is 9.78. The van der Waals surface area contributed by atoms with Gasteiger partial charge in [-0.1, -0.05) is 52.0 Å². The molecule has 28 heavy (non-hydrogen) atoms. The first kappa shape index (κ1) is 21.7. The lowest BCUT2D eigenvalue weighted by Gasteiger charge is -2.26. The monoisotopic (exact) mass is 382 g/mol. The van der Waals surface area contributed by atoms with E-state index in [9.17, 15) is 9.59 Å². The van der Waals surface area contributed by atoms with Crippen LogP contribution >= 0.6 is 0 Å². The second-order valence-corrected chi connectivity index (χ2v) is 6.82. The highest BCUT2D eigenvalue weighted by Gasteiger charge is 2.22. The van der Waals surface area contributed by atoms with Crippen molar-refractivity contribution < 1.29 is 19.1 Å². The van der Waals surface area contributed by atoms with E-state index in [1.165, 1.54) is 11.1 Å². The van der Waals surface area contributed by atoms with Crippen LogP contribution in [0.1, 0.15) is 76.3 Å². The van der Waals surface area contributed by atoms with Crippen molar-refractivity contribution in [2.45, 2.75) is 65.2 Å². The number of hydrogen-bond acceptors (Lipinski definition) is 4. The number of esters is 2. The molecule has 2 aromatic rings. The highest BCUT2D eigenvalue weighted by atomic mass is 16.5. The van der Waals surface area contributed by atoms with Gasteiger partial charge in [0.1, 0.15) is 11.5 Å². The summed E-state index contributed by atoms with van der Waals surface area (Å²) in [6.07, 6.45) is 2.72. The molecule has 0 aliphatic carbocycles. The number of hydrogen-bond donors (Lipinski definition) is 0. The zero-order chi connectivity index (χ0) is 20.5. The molecule has 0 N–H and O–H groups in total. The standard InChI is InChI=1S/C24H30O4/c1-5-21(17-9-13-19(14-10-17)27-23(25)7-3)22(6-2)18-11-15-20(16-12-18)28-24(26)8-4/h9-16,21-22H,5-8H2,1-4H3/t21-,22-/m0/s1. The summed E-state index contributed by atoms with van der Waals surface area (Å²) in [6.45, 7) is 7.94. The molecule has 0 aliphatic heterocycles. The van der Waals surface area contributed by atoms with Crippen LogP contribution in [0.15, 0.2) is 48.5 Å². The summed E-state index contributed by atoms with van der Waals surface area (Å²) in [7, 11) is 0. The fourth-order valence-corrected chi connectivity index (χ4v) is 3.48. The molecule has 0 fully saturated rings. The fraction of sp³-hybridized carbons (Fsp3) is 0.417. The number of ether oxygens (including phenoxy) is 2. The van der Waals surface area contributed by atoms with Crippen molar-refractivity contribution in [3.63, 3.8) is 0 Å². The van der Waals surface area contributed by atoms with Crippen LogP contribution in [0.3, 0.4) is 0 Å². The van der Waals surface area contributed by atoms with E-state index in [2.05, 4.69) is 13.8 Å². The average molecular weight is 383 g/mol. The first-order valence-corrected chi connectivity index (χ1v) is 10.1. The summed E-state index contributed by atoms with van der Waals surface area (Å²) in [6, 6.07) is 15.7. The summed E-state index contributed by atoms with van der Waals surface area (Å²) >= 11 is 0. The topological polar surface area (TPSA) is 52.6 Å². The molecule has 0 spiro atoms. The number of carbonyl (C=O) groups excluding carboxylic acids is 2. The zero-order valence-electron chi connectivity index (χ0n) is 17.2. The molecule has 0 unspecified atom stereocenters. The van der Waals surface area contributed by atoms with Gasteiger partial charge in [0.2, 0.25) is 0 Å². The Kier molecular flexibility index (Phi) is 8.24. The Labute approximate surface area is 167 Å². The Morgan fingerprint density at radius 2 is 0.964 bits per heavy atom. The van der Waals surface area contributed by atoms with Gasteiger partial charge in [0.15, 0.2) is 0 Å². The number of carbonyl (C=O) groups is 2. The van der Waals surface area contributed by atoms with Crippen molar-refractivity contribution >= 4 is 11.9 Å². The summed E-state index contributed by atoms with van der Waals surface area (Å²) < 4.78 is 10.6. The lowest BCUT2D eigenvalue weighted by molar-refractivity contribution is -0.134. The molecule has 2 rings (SSSR count). The summed E-state index contributed by atoms with van der Waals surface area (Å²) in [5.74, 6) is 1.42. The summed E-state index contributed by atoms with van der Waals surface area (Å²) in [5, 5.41) is 0. The van der Waals surface area contributed by atoms with E-state index in [-0.39, 0.29) is 11.9 Å². The average Bonchev–Trinajstić information content (AvgIpc) is 2.73. The van der Waals surface area contributed by atoms with Crippen LogP contribution in [0.5, 0.6) is 11.5 Å². The maximum Gasteiger partial charge on any atom is 0.310 e. The molecule has 2 aromatic carbocycles. The van der Waals surface area contributed by atoms with Crippen LogP contribution in [0.2, 0.25) is 0 Å². The lowest BCUT2D eigenvalue weighted by Crippen LogP contribution is -2.11. The van der Waals surface area contributed by atoms with Gasteiger partial charge >= 0.3 is 11.9 Å². The third-order valence-corrected chi connectivity index (χ3v) is 5.02. The molecule has 150 valence electrons. The van der Waals surface area contributed by atoms with Crippen molar-refractivity contribution in [2.75, 3.05) is 0 Å². The zero-order valence-corrected chi connectivity index (χ0v) is 17.2. The van der Waals surface area contributed by atoms with Crippen LogP contribution in [0, 0.1) is 0 Å². The van der Waals surface area contributed by atoms with Gasteiger partial charge in [0.05, 0.1) is 0 Å². The van der Waals surface area contributed by atoms with Gasteiger partial charge in [-0.2, -0.15) is 0 Å². The van der Waals surface area contributed by atoms with Gasteiger partial charge in [-0.05, 0) is 60.1 Å². The molecule has 0 saturated carbocycles. The maximum absolute atomic E-state index is 11.5. The molecule has 0 amide bonds. The van der Waals surface area contributed by atoms with Crippen LogP contribution in [-0.4, -0.2) is 11.9 Å². The first-order chi connectivity index (χ1) is 13.5. The number of rotatable bonds is 9. The molecule has 2 atom stereocenters. The molecule has 0 radical (unpaired) electrons. The largest absolute Gasteiger partial charge is 0.427 e. The Bertz CT molecular complexity index is 695. The van der Waals surface area contributed by atoms with Crippen molar-refractivity contribution in [1.82, 2.24) is 0 Å². The Hall–Kier alpha value is -2.62. The minimum Gasteiger partial charge on any atom is -0.427 e. The molecular weight excluding hydrogens is 352 g/mol. The van der Waals surface area contributed by atoms with E-state index in [1.54, 1.807) is 13.8 Å². The fourth-order valence-electron chi connectivity index (χ4n) is 3.48. The van der Waals surface area contributed by atoms with Crippen LogP contribution in [0.4, 0.5) is 0 Å². The molecule has 4 nitrogen and oxygen atoms in total. The highest BCUT2D eigenvalue weighted by molar-refractivity contribution is 5.72. The van der Waals surface area contributed by atoms with Crippen LogP contribution < -0.4 is 9.47 Å². The highest BCUT2D eigenvalue weighted by Crippen LogP contribution is 2.38. The van der Waals surface area contributed by atoms with E-state index in [0.29, 0.717) is 36.2 Å². The molecule has 0 aromatic heterocycles. The first-order valence-electron chi connectivity index (χ1n) is 10.1. The molecule has 0 heterocycles. The minimum absolute atomic E-state index is 0.227. The molecule has 4 heteroatoms. The Morgan fingerprint density at radius 3 is 1.21 bits per heavy atom. The van der Waals surface area contributed by atoms with Crippen molar-refractivity contribution in [2.24, 2.45) is 0 Å². The SMILES string of the molecule is CCC(=O)Oc1ccc([C@H](CC)[C@@H](CC)c2ccc(OC(=O)CC)cc2)cc1. The van der Waals surface area contributed by atoms with E-state index in [1.807, 2.05) is 48.5 Å². The molecule has 0 aliphatic rings. The van der Waals surface area contributed by atoms with E-state index in [0.717, 1.165) is 12.8 Å². The van der Waals surface area contributed by atoms with Gasteiger partial charge in [0, 0.05) is 12.8 Å². The van der Waals surface area contributed by atoms with Crippen LogP contribution in [-0.2, 0) is 9.59 Å². The van der Waals surface area contributed by atoms with Crippen LogP contribution in [0.25, 0.3) is 0 Å². The molecule has 0 saturated heterocycles. The van der Waals surface area contributed by atoms with Gasteiger partial charge < -0.3 is 9.47 Å². The Balaban J connectivity index is 2.18. The molecular formula is C24H30O4. The smallest absolute Gasteiger partial charge is 0.310 e. The maximum atomic E-state index is 11.5. The second-order valence-electron chi connectivity index (χ2n) is 6.82. The minimum atomic E-state index is -0.227. The van der Waals surface area contributed by atoms with E-state index >= 15 is 0 Å².